The molecule has 1 saturated heterocycles. The van der Waals surface area contributed by atoms with Gasteiger partial charge in [-0.25, -0.2) is 24.9 Å². The Morgan fingerprint density at radius 3 is 2.33 bits per heavy atom. The first-order valence-electron chi connectivity index (χ1n) is 10.5. The first kappa shape index (κ1) is 23.1. The smallest absolute Gasteiger partial charge is 0.378 e. The van der Waals surface area contributed by atoms with Crippen molar-refractivity contribution in [2.24, 2.45) is 0 Å². The molecule has 0 amide bonds. The molecule has 13 heteroatoms. The first-order chi connectivity index (χ1) is 15.7. The largest absolute Gasteiger partial charge is 0.406 e. The predicted octanol–water partition coefficient (Wildman–Crippen LogP) is 1.71. The number of imidazole rings is 1. The predicted molar refractivity (Wildman–Crippen MR) is 116 cm³/mol. The molecule has 0 unspecified atom stereocenters. The molecule has 0 N–H and O–H groups in total. The number of nitrogens with zero attached hydrogens (tertiary/aromatic N) is 9. The number of morpholine rings is 1. The van der Waals surface area contributed by atoms with E-state index in [1.807, 2.05) is 35.8 Å². The second-order valence-corrected chi connectivity index (χ2v) is 8.18. The van der Waals surface area contributed by atoms with Crippen LogP contribution in [0.5, 0.6) is 0 Å². The van der Waals surface area contributed by atoms with Crippen LogP contribution in [0.4, 0.5) is 24.9 Å². The van der Waals surface area contributed by atoms with E-state index < -0.39 is 12.7 Å². The van der Waals surface area contributed by atoms with Crippen molar-refractivity contribution in [3.05, 3.63) is 30.1 Å². The van der Waals surface area contributed by atoms with Crippen molar-refractivity contribution in [3.8, 4) is 0 Å². The van der Waals surface area contributed by atoms with Crippen LogP contribution in [0, 0.1) is 0 Å². The zero-order chi connectivity index (χ0) is 23.6. The van der Waals surface area contributed by atoms with Crippen LogP contribution in [0.2, 0.25) is 0 Å². The maximum atomic E-state index is 13.1. The zero-order valence-corrected chi connectivity index (χ0v) is 18.7. The van der Waals surface area contributed by atoms with Gasteiger partial charge < -0.3 is 19.1 Å². The second-order valence-electron chi connectivity index (χ2n) is 8.18. The van der Waals surface area contributed by atoms with E-state index in [0.29, 0.717) is 62.5 Å². The van der Waals surface area contributed by atoms with E-state index in [9.17, 15) is 13.2 Å². The Morgan fingerprint density at radius 2 is 1.70 bits per heavy atom. The highest BCUT2D eigenvalue weighted by Crippen LogP contribution is 2.26. The van der Waals surface area contributed by atoms with Crippen molar-refractivity contribution in [1.82, 2.24) is 34.4 Å². The van der Waals surface area contributed by atoms with Gasteiger partial charge in [0.2, 0.25) is 5.95 Å². The minimum Gasteiger partial charge on any atom is -0.378 e. The summed E-state index contributed by atoms with van der Waals surface area (Å²) in [6.07, 6.45) is 0.294. The quantitative estimate of drug-likeness (QED) is 0.517. The number of hydrogen-bond donors (Lipinski definition) is 0. The third-order valence-electron chi connectivity index (χ3n) is 5.11. The zero-order valence-electron chi connectivity index (χ0n) is 18.7. The Kier molecular flexibility index (Phi) is 6.61. The molecule has 4 rings (SSSR count). The summed E-state index contributed by atoms with van der Waals surface area (Å²) in [5, 5.41) is 0. The fraction of sp³-hybridized carbons (Fsp3) is 0.550. The molecule has 0 spiro atoms. The van der Waals surface area contributed by atoms with Gasteiger partial charge in [0.05, 0.1) is 26.1 Å². The number of halogens is 3. The van der Waals surface area contributed by atoms with E-state index in [-0.39, 0.29) is 5.65 Å². The molecule has 178 valence electrons. The highest BCUT2D eigenvalue weighted by atomic mass is 19.4. The Morgan fingerprint density at radius 1 is 1.00 bits per heavy atom. The van der Waals surface area contributed by atoms with Gasteiger partial charge in [0.25, 0.3) is 0 Å². The lowest BCUT2D eigenvalue weighted by Gasteiger charge is -2.28. The minimum absolute atomic E-state index is 0.172. The summed E-state index contributed by atoms with van der Waals surface area (Å²) in [7, 11) is 5.61. The van der Waals surface area contributed by atoms with Crippen molar-refractivity contribution < 1.29 is 17.9 Å². The lowest BCUT2D eigenvalue weighted by Crippen LogP contribution is -2.37. The first-order valence-corrected chi connectivity index (χ1v) is 10.5. The highest BCUT2D eigenvalue weighted by Gasteiger charge is 2.30. The third-order valence-corrected chi connectivity index (χ3v) is 5.11. The molecular formula is C20H26F3N9O. The van der Waals surface area contributed by atoms with Crippen molar-refractivity contribution >= 4 is 22.9 Å². The molecule has 0 bridgehead atoms. The van der Waals surface area contributed by atoms with E-state index in [1.54, 1.807) is 12.4 Å². The molecule has 3 aromatic heterocycles. The summed E-state index contributed by atoms with van der Waals surface area (Å²) in [4.78, 5) is 27.7. The Hall–Kier alpha value is -3.06. The van der Waals surface area contributed by atoms with Gasteiger partial charge in [0.15, 0.2) is 17.0 Å². The molecule has 4 heterocycles. The van der Waals surface area contributed by atoms with Crippen LogP contribution in [-0.2, 0) is 24.4 Å². The summed E-state index contributed by atoms with van der Waals surface area (Å²) in [6.45, 7) is 1.92. The molecule has 33 heavy (non-hydrogen) atoms. The minimum atomic E-state index is -4.38. The van der Waals surface area contributed by atoms with Gasteiger partial charge in [-0.3, -0.25) is 4.90 Å². The van der Waals surface area contributed by atoms with E-state index >= 15 is 0 Å². The summed E-state index contributed by atoms with van der Waals surface area (Å²) >= 11 is 0. The topological polar surface area (TPSA) is 88.3 Å². The van der Waals surface area contributed by atoms with Gasteiger partial charge in [-0.2, -0.15) is 13.2 Å². The highest BCUT2D eigenvalue weighted by molar-refractivity contribution is 5.83. The average molecular weight is 465 g/mol. The van der Waals surface area contributed by atoms with Crippen LogP contribution >= 0.6 is 0 Å². The third kappa shape index (κ3) is 5.66. The van der Waals surface area contributed by atoms with E-state index in [1.165, 1.54) is 6.33 Å². The van der Waals surface area contributed by atoms with Crippen molar-refractivity contribution in [2.45, 2.75) is 25.8 Å². The van der Waals surface area contributed by atoms with Crippen LogP contribution in [0.25, 0.3) is 11.2 Å². The molecule has 0 atom stereocenters. The standard InChI is InChI=1S/C20H26F3N9O/c1-29(2)19-24-8-14(9-25-19)10-30(3)11-15-27-17(31-4-6-33-7-5-31)16-18(28-15)32(13-26-16)12-20(21,22)23/h8-9,13H,4-7,10-12H2,1-3H3. The number of alkyl halides is 3. The van der Waals surface area contributed by atoms with Crippen molar-refractivity contribution in [2.75, 3.05) is 57.2 Å². The Bertz CT molecular complexity index is 1080. The van der Waals surface area contributed by atoms with Gasteiger partial charge >= 0.3 is 6.18 Å². The number of anilines is 2. The molecule has 1 aliphatic rings. The summed E-state index contributed by atoms with van der Waals surface area (Å²) in [5.74, 6) is 1.57. The maximum Gasteiger partial charge on any atom is 0.406 e. The fourth-order valence-electron chi connectivity index (χ4n) is 3.62. The monoisotopic (exact) mass is 465 g/mol. The second kappa shape index (κ2) is 9.43. The Balaban J connectivity index is 1.60. The summed E-state index contributed by atoms with van der Waals surface area (Å²) < 4.78 is 45.7. The SMILES string of the molecule is CN(Cc1cnc(N(C)C)nc1)Cc1nc(N2CCOCC2)c2ncn(CC(F)(F)F)c2n1. The normalized spacial score (nSPS) is 14.9. The molecular weight excluding hydrogens is 439 g/mol. The van der Waals surface area contributed by atoms with Crippen LogP contribution < -0.4 is 9.80 Å². The van der Waals surface area contributed by atoms with Gasteiger partial charge in [-0.15, -0.1) is 0 Å². The lowest BCUT2D eigenvalue weighted by atomic mass is 10.3. The Labute approximate surface area is 189 Å². The van der Waals surface area contributed by atoms with E-state index in [0.717, 1.165) is 10.1 Å². The van der Waals surface area contributed by atoms with Gasteiger partial charge in [-0.05, 0) is 7.05 Å². The number of rotatable bonds is 7. The summed E-state index contributed by atoms with van der Waals surface area (Å²) in [6, 6.07) is 0. The number of ether oxygens (including phenoxy) is 1. The van der Waals surface area contributed by atoms with Gasteiger partial charge in [-0.1, -0.05) is 0 Å². The average Bonchev–Trinajstić information content (AvgIpc) is 3.15. The van der Waals surface area contributed by atoms with E-state index in [2.05, 4.69) is 24.9 Å². The van der Waals surface area contributed by atoms with Crippen LogP contribution in [0.1, 0.15) is 11.4 Å². The molecule has 0 saturated carbocycles. The molecule has 0 aromatic carbocycles. The number of aromatic nitrogens is 6. The molecule has 1 fully saturated rings. The number of hydrogen-bond acceptors (Lipinski definition) is 9. The molecule has 10 nitrogen and oxygen atoms in total. The number of fused-ring (bicyclic) bond motifs is 1. The van der Waals surface area contributed by atoms with Crippen molar-refractivity contribution in [1.29, 1.82) is 0 Å². The molecule has 3 aromatic rings. The van der Waals surface area contributed by atoms with Crippen LogP contribution in [-0.4, -0.2) is 88.0 Å². The van der Waals surface area contributed by atoms with Crippen LogP contribution in [0.3, 0.4) is 0 Å². The maximum absolute atomic E-state index is 13.1. The van der Waals surface area contributed by atoms with E-state index in [4.69, 9.17) is 4.74 Å². The summed E-state index contributed by atoms with van der Waals surface area (Å²) in [5.41, 5.74) is 1.44. The lowest BCUT2D eigenvalue weighted by molar-refractivity contribution is -0.140. The molecule has 1 aliphatic heterocycles. The molecule has 0 radical (unpaired) electrons. The van der Waals surface area contributed by atoms with Gasteiger partial charge in [0.1, 0.15) is 12.4 Å². The molecule has 0 aliphatic carbocycles. The van der Waals surface area contributed by atoms with Crippen molar-refractivity contribution in [3.63, 3.8) is 0 Å². The van der Waals surface area contributed by atoms with Crippen LogP contribution in [0.15, 0.2) is 18.7 Å². The fourth-order valence-corrected chi connectivity index (χ4v) is 3.62. The van der Waals surface area contributed by atoms with Gasteiger partial charge in [0, 0.05) is 51.7 Å².